The van der Waals surface area contributed by atoms with Gasteiger partial charge in [0.2, 0.25) is 0 Å². The van der Waals surface area contributed by atoms with Gasteiger partial charge in [-0.05, 0) is 12.2 Å². The van der Waals surface area contributed by atoms with Crippen molar-refractivity contribution in [3.05, 3.63) is 113 Å². The number of carbonyl (C=O) groups excluding carboxylic acids is 1. The van der Waals surface area contributed by atoms with Gasteiger partial charge in [-0.2, -0.15) is 21.6 Å². The van der Waals surface area contributed by atoms with Gasteiger partial charge in [0.1, 0.15) is 11.3 Å². The Morgan fingerprint density at radius 3 is 1.89 bits per heavy atom. The molecule has 0 spiro atoms. The van der Waals surface area contributed by atoms with Gasteiger partial charge in [-0.1, -0.05) is 84.9 Å². The minimum Gasteiger partial charge on any atom is -0.472 e. The standard InChI is InChI=1S/C28H19F3O6S/c1-35-26(32)23-22-16-17-27(18-10-4-2-5-11-18,19-12-6-3-7-13-19)36-24(22)20-14-8-9-15-21(20)25(23)37-38(33,34)28(29,30)31/h2-17H,1H3. The first kappa shape index (κ1) is 25.3. The molecule has 4 aromatic carbocycles. The van der Waals surface area contributed by atoms with Gasteiger partial charge < -0.3 is 13.7 Å². The number of methoxy groups -OCH3 is 1. The number of benzene rings is 4. The number of rotatable bonds is 5. The summed E-state index contributed by atoms with van der Waals surface area (Å²) in [5, 5.41) is 0.160. The summed E-state index contributed by atoms with van der Waals surface area (Å²) < 4.78 is 80.0. The van der Waals surface area contributed by atoms with E-state index in [9.17, 15) is 26.4 Å². The molecule has 0 N–H and O–H groups in total. The molecule has 0 fully saturated rings. The van der Waals surface area contributed by atoms with Crippen molar-refractivity contribution in [3.63, 3.8) is 0 Å². The number of ether oxygens (including phenoxy) is 2. The SMILES string of the molecule is COC(=O)c1c2c(c3ccccc3c1OS(=O)(=O)C(F)(F)F)OC(c1ccccc1)(c1ccccc1)C=C2. The van der Waals surface area contributed by atoms with E-state index in [2.05, 4.69) is 4.18 Å². The van der Waals surface area contributed by atoms with Crippen LogP contribution in [-0.4, -0.2) is 27.0 Å². The molecule has 194 valence electrons. The Hall–Kier alpha value is -4.31. The molecule has 0 atom stereocenters. The van der Waals surface area contributed by atoms with Crippen molar-refractivity contribution in [2.24, 2.45) is 0 Å². The summed E-state index contributed by atoms with van der Waals surface area (Å²) in [5.41, 5.74) is -5.90. The Kier molecular flexibility index (Phi) is 6.15. The molecule has 10 heteroatoms. The fourth-order valence-electron chi connectivity index (χ4n) is 4.46. The van der Waals surface area contributed by atoms with Crippen LogP contribution in [-0.2, 0) is 20.5 Å². The van der Waals surface area contributed by atoms with Crippen molar-refractivity contribution in [1.29, 1.82) is 0 Å². The van der Waals surface area contributed by atoms with Crippen molar-refractivity contribution >= 4 is 32.9 Å². The molecule has 0 aromatic heterocycles. The van der Waals surface area contributed by atoms with E-state index >= 15 is 0 Å². The number of esters is 1. The Labute approximate surface area is 216 Å². The van der Waals surface area contributed by atoms with E-state index in [1.165, 1.54) is 18.2 Å². The number of alkyl halides is 3. The highest BCUT2D eigenvalue weighted by Crippen LogP contribution is 2.50. The minimum atomic E-state index is -6.11. The van der Waals surface area contributed by atoms with Crippen LogP contribution in [0.5, 0.6) is 11.5 Å². The second kappa shape index (κ2) is 9.21. The van der Waals surface area contributed by atoms with E-state index in [0.717, 1.165) is 18.2 Å². The Morgan fingerprint density at radius 1 is 0.842 bits per heavy atom. The predicted molar refractivity (Wildman–Crippen MR) is 134 cm³/mol. The smallest absolute Gasteiger partial charge is 0.472 e. The van der Waals surface area contributed by atoms with E-state index in [1.807, 2.05) is 60.7 Å². The average molecular weight is 541 g/mol. The second-order valence-electron chi connectivity index (χ2n) is 8.37. The molecular weight excluding hydrogens is 521 g/mol. The first-order chi connectivity index (χ1) is 18.1. The number of halogens is 3. The van der Waals surface area contributed by atoms with Gasteiger partial charge in [-0.3, -0.25) is 0 Å². The van der Waals surface area contributed by atoms with Crippen molar-refractivity contribution in [1.82, 2.24) is 0 Å². The molecular formula is C28H19F3O6S. The molecule has 4 aromatic rings. The Balaban J connectivity index is 1.84. The molecule has 0 bridgehead atoms. The van der Waals surface area contributed by atoms with Crippen LogP contribution in [0.4, 0.5) is 13.2 Å². The molecule has 0 aliphatic carbocycles. The number of hydrogen-bond acceptors (Lipinski definition) is 6. The summed E-state index contributed by atoms with van der Waals surface area (Å²) in [7, 11) is -5.09. The molecule has 0 saturated carbocycles. The lowest BCUT2D eigenvalue weighted by molar-refractivity contribution is -0.0500. The lowest BCUT2D eigenvalue weighted by Gasteiger charge is -2.37. The summed E-state index contributed by atoms with van der Waals surface area (Å²) in [6.07, 6.45) is 3.16. The zero-order valence-corrected chi connectivity index (χ0v) is 20.5. The molecule has 1 aliphatic heterocycles. The normalized spacial score (nSPS) is 14.4. The maximum Gasteiger partial charge on any atom is 0.534 e. The van der Waals surface area contributed by atoms with Crippen LogP contribution in [0.25, 0.3) is 16.8 Å². The van der Waals surface area contributed by atoms with Crippen molar-refractivity contribution in [2.45, 2.75) is 11.1 Å². The van der Waals surface area contributed by atoms with Crippen molar-refractivity contribution < 1.29 is 40.0 Å². The van der Waals surface area contributed by atoms with Crippen LogP contribution in [0, 0.1) is 0 Å². The molecule has 1 heterocycles. The van der Waals surface area contributed by atoms with E-state index in [0.29, 0.717) is 0 Å². The van der Waals surface area contributed by atoms with Gasteiger partial charge in [-0.15, -0.1) is 0 Å². The van der Waals surface area contributed by atoms with Gasteiger partial charge in [0.05, 0.1) is 7.11 Å². The predicted octanol–water partition coefficient (Wildman–Crippen LogP) is 6.20. The maximum absolute atomic E-state index is 13.3. The van der Waals surface area contributed by atoms with E-state index < -0.39 is 38.5 Å². The zero-order valence-electron chi connectivity index (χ0n) is 19.7. The maximum atomic E-state index is 13.3. The molecule has 38 heavy (non-hydrogen) atoms. The van der Waals surface area contributed by atoms with Crippen LogP contribution >= 0.6 is 0 Å². The van der Waals surface area contributed by atoms with Gasteiger partial charge in [0.25, 0.3) is 0 Å². The Bertz CT molecular complexity index is 1620. The Morgan fingerprint density at radius 2 is 1.37 bits per heavy atom. The topological polar surface area (TPSA) is 78.9 Å². The lowest BCUT2D eigenvalue weighted by atomic mass is 9.82. The third kappa shape index (κ3) is 4.06. The van der Waals surface area contributed by atoms with Gasteiger partial charge in [-0.25, -0.2) is 4.79 Å². The average Bonchev–Trinajstić information content (AvgIpc) is 2.93. The molecule has 0 saturated heterocycles. The number of hydrogen-bond donors (Lipinski definition) is 0. The molecule has 1 aliphatic rings. The molecule has 0 unspecified atom stereocenters. The molecule has 0 amide bonds. The molecule has 5 rings (SSSR count). The van der Waals surface area contributed by atoms with E-state index in [-0.39, 0.29) is 22.1 Å². The lowest BCUT2D eigenvalue weighted by Crippen LogP contribution is -2.35. The quantitative estimate of drug-likeness (QED) is 0.170. The summed E-state index contributed by atoms with van der Waals surface area (Å²) in [5.74, 6) is -1.75. The highest BCUT2D eigenvalue weighted by atomic mass is 32.2. The highest BCUT2D eigenvalue weighted by molar-refractivity contribution is 7.88. The number of fused-ring (bicyclic) bond motifs is 3. The summed E-state index contributed by atoms with van der Waals surface area (Å²) in [6.45, 7) is 0. The van der Waals surface area contributed by atoms with Crippen molar-refractivity contribution in [3.8, 4) is 11.5 Å². The summed E-state index contributed by atoms with van der Waals surface area (Å²) in [4.78, 5) is 12.9. The fraction of sp³-hybridized carbons (Fsp3) is 0.107. The number of carbonyl (C=O) groups is 1. The molecule has 0 radical (unpaired) electrons. The first-order valence-electron chi connectivity index (χ1n) is 11.3. The summed E-state index contributed by atoms with van der Waals surface area (Å²) >= 11 is 0. The summed E-state index contributed by atoms with van der Waals surface area (Å²) in [6, 6.07) is 24.5. The third-order valence-electron chi connectivity index (χ3n) is 6.18. The first-order valence-corrected chi connectivity index (χ1v) is 12.7. The van der Waals surface area contributed by atoms with Crippen LogP contribution in [0.2, 0.25) is 0 Å². The zero-order chi connectivity index (χ0) is 27.1. The minimum absolute atomic E-state index is 0.0189. The van der Waals surface area contributed by atoms with Gasteiger partial charge in [0.15, 0.2) is 11.4 Å². The largest absolute Gasteiger partial charge is 0.534 e. The molecule has 6 nitrogen and oxygen atoms in total. The van der Waals surface area contributed by atoms with E-state index in [1.54, 1.807) is 18.2 Å². The van der Waals surface area contributed by atoms with Crippen LogP contribution < -0.4 is 8.92 Å². The van der Waals surface area contributed by atoms with Crippen LogP contribution in [0.1, 0.15) is 27.0 Å². The van der Waals surface area contributed by atoms with E-state index in [4.69, 9.17) is 9.47 Å². The fourth-order valence-corrected chi connectivity index (χ4v) is 4.94. The van der Waals surface area contributed by atoms with Crippen LogP contribution in [0.15, 0.2) is 91.0 Å². The van der Waals surface area contributed by atoms with Crippen LogP contribution in [0.3, 0.4) is 0 Å². The van der Waals surface area contributed by atoms with Gasteiger partial charge in [0, 0.05) is 27.5 Å². The second-order valence-corrected chi connectivity index (χ2v) is 9.91. The van der Waals surface area contributed by atoms with Gasteiger partial charge >= 0.3 is 21.6 Å². The highest BCUT2D eigenvalue weighted by Gasteiger charge is 2.50. The third-order valence-corrected chi connectivity index (χ3v) is 7.13. The monoisotopic (exact) mass is 540 g/mol. The van der Waals surface area contributed by atoms with Crippen molar-refractivity contribution in [2.75, 3.05) is 7.11 Å².